The Morgan fingerprint density at radius 2 is 2.04 bits per heavy atom. The van der Waals surface area contributed by atoms with Crippen molar-refractivity contribution >= 4 is 17.0 Å². The number of carbonyl (C=O) groups is 1. The van der Waals surface area contributed by atoms with Crippen molar-refractivity contribution in [3.63, 3.8) is 0 Å². The predicted molar refractivity (Wildman–Crippen MR) is 110 cm³/mol. The van der Waals surface area contributed by atoms with Crippen LogP contribution in [-0.2, 0) is 4.74 Å². The molecule has 28 heavy (non-hydrogen) atoms. The molecule has 7 heteroatoms. The smallest absolute Gasteiger partial charge is 0.407 e. The third-order valence-electron chi connectivity index (χ3n) is 4.51. The number of alkyl carbamates (subject to hydrolysis) is 1. The van der Waals surface area contributed by atoms with E-state index in [-0.39, 0.29) is 17.4 Å². The third-order valence-corrected chi connectivity index (χ3v) is 4.51. The highest BCUT2D eigenvalue weighted by molar-refractivity contribution is 5.78. The molecule has 2 rings (SSSR count). The number of phenolic OH excluding ortho intramolecular Hbond substituents is 1. The number of aromatic hydroxyl groups is 1. The van der Waals surface area contributed by atoms with Crippen LogP contribution >= 0.6 is 0 Å². The summed E-state index contributed by atoms with van der Waals surface area (Å²) in [5.74, 6) is 0.0645. The summed E-state index contributed by atoms with van der Waals surface area (Å²) in [6.45, 7) is 8.13. The Hall–Kier alpha value is -2.57. The first-order chi connectivity index (χ1) is 13.2. The van der Waals surface area contributed by atoms with Crippen LogP contribution in [0.25, 0.3) is 10.9 Å². The predicted octanol–water partition coefficient (Wildman–Crippen LogP) is 4.14. The number of ether oxygens (including phenoxy) is 1. The highest BCUT2D eigenvalue weighted by Crippen LogP contribution is 2.20. The van der Waals surface area contributed by atoms with E-state index in [0.29, 0.717) is 17.4 Å². The summed E-state index contributed by atoms with van der Waals surface area (Å²) in [6, 6.07) is 4.71. The number of rotatable bonds is 8. The Bertz CT molecular complexity index is 855. The Kier molecular flexibility index (Phi) is 7.43. The lowest BCUT2D eigenvalue weighted by atomic mass is 10.1. The van der Waals surface area contributed by atoms with Gasteiger partial charge < -0.3 is 15.2 Å². The maximum atomic E-state index is 12.8. The summed E-state index contributed by atoms with van der Waals surface area (Å²) in [5.41, 5.74) is -0.0300. The monoisotopic (exact) mass is 389 g/mol. The Morgan fingerprint density at radius 3 is 2.71 bits per heavy atom. The molecule has 154 valence electrons. The van der Waals surface area contributed by atoms with Gasteiger partial charge >= 0.3 is 6.09 Å². The summed E-state index contributed by atoms with van der Waals surface area (Å²) in [7, 11) is 0. The average molecular weight is 389 g/mol. The maximum absolute atomic E-state index is 12.8. The van der Waals surface area contributed by atoms with Gasteiger partial charge in [0.15, 0.2) is 0 Å². The largest absolute Gasteiger partial charge is 0.508 e. The number of unbranched alkanes of at least 4 members (excludes halogenated alkanes) is 2. The Labute approximate surface area is 165 Å². The number of nitrogens with one attached hydrogen (secondary N) is 1. The molecule has 2 N–H and O–H groups in total. The topological polar surface area (TPSA) is 93.4 Å². The van der Waals surface area contributed by atoms with E-state index in [4.69, 9.17) is 4.74 Å². The van der Waals surface area contributed by atoms with Crippen LogP contribution in [0.15, 0.2) is 29.3 Å². The van der Waals surface area contributed by atoms with Gasteiger partial charge in [0.25, 0.3) is 5.56 Å². The van der Waals surface area contributed by atoms with Crippen molar-refractivity contribution in [2.45, 2.75) is 71.4 Å². The van der Waals surface area contributed by atoms with Crippen molar-refractivity contribution in [2.24, 2.45) is 0 Å². The molecule has 7 nitrogen and oxygen atoms in total. The van der Waals surface area contributed by atoms with Gasteiger partial charge in [-0.1, -0.05) is 19.8 Å². The normalized spacial score (nSPS) is 12.7. The van der Waals surface area contributed by atoms with Gasteiger partial charge in [-0.15, -0.1) is 0 Å². The zero-order valence-corrected chi connectivity index (χ0v) is 17.2. The molecule has 1 unspecified atom stereocenters. The molecule has 0 saturated heterocycles. The van der Waals surface area contributed by atoms with Gasteiger partial charge in [0.1, 0.15) is 11.4 Å². The van der Waals surface area contributed by atoms with Crippen LogP contribution in [0.1, 0.15) is 65.8 Å². The minimum atomic E-state index is -0.490. The number of benzene rings is 1. The molecule has 2 aromatic rings. The van der Waals surface area contributed by atoms with Gasteiger partial charge in [0.05, 0.1) is 17.2 Å². The Balaban J connectivity index is 1.85. The van der Waals surface area contributed by atoms with E-state index >= 15 is 0 Å². The van der Waals surface area contributed by atoms with Gasteiger partial charge in [0, 0.05) is 12.6 Å². The van der Waals surface area contributed by atoms with Crippen LogP contribution in [-0.4, -0.2) is 32.9 Å². The maximum Gasteiger partial charge on any atom is 0.407 e. The highest BCUT2D eigenvalue weighted by atomic mass is 16.6. The summed E-state index contributed by atoms with van der Waals surface area (Å²) in [6.07, 6.45) is 5.63. The molecule has 0 radical (unpaired) electrons. The summed E-state index contributed by atoms with van der Waals surface area (Å²) < 4.78 is 6.87. The van der Waals surface area contributed by atoms with E-state index in [1.54, 1.807) is 17.0 Å². The van der Waals surface area contributed by atoms with Crippen molar-refractivity contribution in [1.29, 1.82) is 0 Å². The van der Waals surface area contributed by atoms with Crippen LogP contribution in [0.4, 0.5) is 4.79 Å². The zero-order chi connectivity index (χ0) is 20.7. The van der Waals surface area contributed by atoms with Gasteiger partial charge in [-0.3, -0.25) is 9.36 Å². The molecule has 0 fully saturated rings. The molecular formula is C21H31N3O4. The summed E-state index contributed by atoms with van der Waals surface area (Å²) >= 11 is 0. The van der Waals surface area contributed by atoms with Gasteiger partial charge in [0.2, 0.25) is 0 Å². The summed E-state index contributed by atoms with van der Waals surface area (Å²) in [5, 5.41) is 12.8. The summed E-state index contributed by atoms with van der Waals surface area (Å²) in [4.78, 5) is 28.7. The third kappa shape index (κ3) is 6.25. The van der Waals surface area contributed by atoms with Crippen LogP contribution < -0.4 is 10.9 Å². The van der Waals surface area contributed by atoms with Gasteiger partial charge in [-0.2, -0.15) is 0 Å². The quantitative estimate of drug-likeness (QED) is 0.662. The number of hydrogen-bond acceptors (Lipinski definition) is 5. The first-order valence-electron chi connectivity index (χ1n) is 9.88. The molecule has 0 aliphatic heterocycles. The molecule has 0 saturated carbocycles. The number of aromatic nitrogens is 2. The van der Waals surface area contributed by atoms with Crippen LogP contribution in [0, 0.1) is 0 Å². The minimum absolute atomic E-state index is 0.0607. The average Bonchev–Trinajstić information content (AvgIpc) is 2.61. The molecule has 1 aromatic heterocycles. The van der Waals surface area contributed by atoms with E-state index in [1.165, 1.54) is 12.1 Å². The first-order valence-corrected chi connectivity index (χ1v) is 9.88. The number of phenols is 1. The lowest BCUT2D eigenvalue weighted by molar-refractivity contribution is 0.0527. The van der Waals surface area contributed by atoms with Crippen LogP contribution in [0.2, 0.25) is 0 Å². The van der Waals surface area contributed by atoms with E-state index < -0.39 is 11.7 Å². The van der Waals surface area contributed by atoms with Crippen molar-refractivity contribution in [1.82, 2.24) is 14.9 Å². The molecule has 0 spiro atoms. The molecule has 1 amide bonds. The van der Waals surface area contributed by atoms with Crippen LogP contribution in [0.5, 0.6) is 5.75 Å². The standard InChI is InChI=1S/C21H31N3O4/c1-5-15(9-7-6-8-12-22-20(27)28-21(2,3)4)24-14-23-18-11-10-16(25)13-17(18)19(24)26/h10-11,13-15,25H,5-9,12H2,1-4H3,(H,22,27). The van der Waals surface area contributed by atoms with Crippen LogP contribution in [0.3, 0.4) is 0 Å². The fourth-order valence-corrected chi connectivity index (χ4v) is 3.11. The van der Waals surface area contributed by atoms with Crippen molar-refractivity contribution in [3.8, 4) is 5.75 Å². The SMILES string of the molecule is CCC(CCCCCNC(=O)OC(C)(C)C)n1cnc2ccc(O)cc2c1=O. The lowest BCUT2D eigenvalue weighted by Crippen LogP contribution is -2.33. The lowest BCUT2D eigenvalue weighted by Gasteiger charge is -2.20. The van der Waals surface area contributed by atoms with Crippen molar-refractivity contribution in [3.05, 3.63) is 34.9 Å². The molecule has 1 aromatic carbocycles. The molecular weight excluding hydrogens is 358 g/mol. The molecule has 1 atom stereocenters. The van der Waals surface area contributed by atoms with Gasteiger partial charge in [-0.05, 0) is 58.2 Å². The fraction of sp³-hybridized carbons (Fsp3) is 0.571. The van der Waals surface area contributed by atoms with Gasteiger partial charge in [-0.25, -0.2) is 9.78 Å². The second-order valence-corrected chi connectivity index (χ2v) is 8.00. The van der Waals surface area contributed by atoms with Crippen molar-refractivity contribution < 1.29 is 14.6 Å². The van der Waals surface area contributed by atoms with E-state index in [2.05, 4.69) is 10.3 Å². The number of carbonyl (C=O) groups excluding carboxylic acids is 1. The molecule has 0 aliphatic carbocycles. The Morgan fingerprint density at radius 1 is 1.29 bits per heavy atom. The first kappa shape index (κ1) is 21.7. The van der Waals surface area contributed by atoms with E-state index in [9.17, 15) is 14.7 Å². The molecule has 1 heterocycles. The number of nitrogens with zero attached hydrogens (tertiary/aromatic N) is 2. The number of hydrogen-bond donors (Lipinski definition) is 2. The fourth-order valence-electron chi connectivity index (χ4n) is 3.11. The van der Waals surface area contributed by atoms with E-state index in [1.807, 2.05) is 27.7 Å². The minimum Gasteiger partial charge on any atom is -0.508 e. The van der Waals surface area contributed by atoms with E-state index in [0.717, 1.165) is 32.1 Å². The number of fused-ring (bicyclic) bond motifs is 1. The zero-order valence-electron chi connectivity index (χ0n) is 17.2. The van der Waals surface area contributed by atoms with Crippen molar-refractivity contribution in [2.75, 3.05) is 6.54 Å². The second-order valence-electron chi connectivity index (χ2n) is 8.00. The highest BCUT2D eigenvalue weighted by Gasteiger charge is 2.16. The molecule has 0 aliphatic rings. The number of amides is 1. The second kappa shape index (κ2) is 9.57. The molecule has 0 bridgehead atoms.